The van der Waals surface area contributed by atoms with Crippen molar-refractivity contribution in [3.05, 3.63) is 155 Å². The second-order valence-corrected chi connectivity index (χ2v) is 12.6. The van der Waals surface area contributed by atoms with Gasteiger partial charge < -0.3 is 0 Å². The van der Waals surface area contributed by atoms with Crippen LogP contribution in [-0.2, 0) is 0 Å². The average molecular weight is 604 g/mol. The number of halogens is 2. The molecule has 0 N–H and O–H groups in total. The van der Waals surface area contributed by atoms with Crippen LogP contribution >= 0.6 is 23.2 Å². The normalized spacial score (nSPS) is 11.6. The third kappa shape index (κ3) is 4.46. The summed E-state index contributed by atoms with van der Waals surface area (Å²) < 4.78 is 0. The average Bonchev–Trinajstić information content (AvgIpc) is 3.05. The fourth-order valence-electron chi connectivity index (χ4n) is 6.67. The predicted octanol–water partition coefficient (Wildman–Crippen LogP) is 13.2. The van der Waals surface area contributed by atoms with Gasteiger partial charge in [0.2, 0.25) is 0 Å². The first-order valence-corrected chi connectivity index (χ1v) is 15.6. The Bertz CT molecular complexity index is 1980. The summed E-state index contributed by atoms with van der Waals surface area (Å²) in [7, 11) is 0. The zero-order valence-electron chi connectivity index (χ0n) is 24.5. The molecule has 0 spiro atoms. The quantitative estimate of drug-likeness (QED) is 0.176. The minimum Gasteiger partial charge on any atom is -0.0843 e. The Morgan fingerprint density at radius 1 is 0.318 bits per heavy atom. The van der Waals surface area contributed by atoms with Gasteiger partial charge >= 0.3 is 0 Å². The number of benzene rings is 8. The summed E-state index contributed by atoms with van der Waals surface area (Å²) in [6, 6.07) is 48.2. The summed E-state index contributed by atoms with van der Waals surface area (Å²) in [5, 5.41) is 9.02. The summed E-state index contributed by atoms with van der Waals surface area (Å²) in [5.41, 5.74) is 12.1. The van der Waals surface area contributed by atoms with Gasteiger partial charge in [-0.15, -0.1) is 0 Å². The zero-order chi connectivity index (χ0) is 29.9. The summed E-state index contributed by atoms with van der Waals surface area (Å²) in [6.45, 7) is 4.27. The van der Waals surface area contributed by atoms with E-state index in [-0.39, 0.29) is 0 Å². The Morgan fingerprint density at radius 3 is 0.841 bits per heavy atom. The maximum absolute atomic E-state index is 6.35. The molecule has 0 amide bonds. The van der Waals surface area contributed by atoms with Crippen molar-refractivity contribution in [1.29, 1.82) is 0 Å². The lowest BCUT2D eigenvalue weighted by Gasteiger charge is -2.21. The highest BCUT2D eigenvalue weighted by atomic mass is 35.5. The van der Waals surface area contributed by atoms with Crippen LogP contribution in [0.5, 0.6) is 0 Å². The fraction of sp³-hybridized carbons (Fsp3) is 0.0476. The molecular weight excluding hydrogens is 575 g/mol. The minimum absolute atomic E-state index is 0.737. The molecule has 0 atom stereocenters. The summed E-state index contributed by atoms with van der Waals surface area (Å²) in [4.78, 5) is 0. The maximum atomic E-state index is 6.35. The van der Waals surface area contributed by atoms with Gasteiger partial charge in [-0.2, -0.15) is 0 Å². The molecule has 0 bridgehead atoms. The lowest BCUT2D eigenvalue weighted by atomic mass is 9.82. The van der Waals surface area contributed by atoms with Crippen LogP contribution in [0, 0.1) is 13.8 Å². The molecule has 0 nitrogen and oxygen atoms in total. The second kappa shape index (κ2) is 10.5. The molecule has 0 unspecified atom stereocenters. The first kappa shape index (κ1) is 27.0. The maximum Gasteiger partial charge on any atom is 0.0406 e. The van der Waals surface area contributed by atoms with Crippen molar-refractivity contribution in [3.63, 3.8) is 0 Å². The first-order chi connectivity index (χ1) is 21.4. The molecule has 44 heavy (non-hydrogen) atoms. The van der Waals surface area contributed by atoms with E-state index in [2.05, 4.69) is 123 Å². The van der Waals surface area contributed by atoms with Crippen LogP contribution in [0.4, 0.5) is 0 Å². The van der Waals surface area contributed by atoms with Crippen LogP contribution in [0.3, 0.4) is 0 Å². The standard InChI is InChI=1S/C42H28Cl2/c1-25-3-7-27(8-4-25)37-23-39(29-11-15-31(43)16-12-29)35-22-20-34-38(28-9-5-26(2)6-10-28)24-40(30-13-17-32(44)18-14-30)36-21-19-33(37)41(35)42(34)36/h3-24H,1-2H3. The molecule has 0 saturated heterocycles. The summed E-state index contributed by atoms with van der Waals surface area (Å²) in [6.07, 6.45) is 0. The molecule has 0 aliphatic heterocycles. The van der Waals surface area contributed by atoms with Crippen molar-refractivity contribution in [2.45, 2.75) is 13.8 Å². The highest BCUT2D eigenvalue weighted by Crippen LogP contribution is 2.48. The van der Waals surface area contributed by atoms with Crippen LogP contribution in [0.2, 0.25) is 10.0 Å². The van der Waals surface area contributed by atoms with Crippen LogP contribution in [0.25, 0.3) is 76.8 Å². The molecule has 210 valence electrons. The molecule has 0 heterocycles. The Morgan fingerprint density at radius 2 is 0.568 bits per heavy atom. The van der Waals surface area contributed by atoms with Gasteiger partial charge in [0.05, 0.1) is 0 Å². The van der Waals surface area contributed by atoms with Crippen LogP contribution < -0.4 is 0 Å². The fourth-order valence-corrected chi connectivity index (χ4v) is 6.93. The molecule has 0 aliphatic rings. The lowest BCUT2D eigenvalue weighted by molar-refractivity contribution is 1.47. The molecule has 0 saturated carbocycles. The van der Waals surface area contributed by atoms with Crippen molar-refractivity contribution >= 4 is 55.5 Å². The minimum atomic E-state index is 0.737. The summed E-state index contributed by atoms with van der Waals surface area (Å²) in [5.74, 6) is 0. The van der Waals surface area contributed by atoms with E-state index >= 15 is 0 Å². The molecule has 8 rings (SSSR count). The zero-order valence-corrected chi connectivity index (χ0v) is 26.0. The van der Waals surface area contributed by atoms with Crippen molar-refractivity contribution in [2.24, 2.45) is 0 Å². The van der Waals surface area contributed by atoms with Gasteiger partial charge in [-0.3, -0.25) is 0 Å². The smallest absolute Gasteiger partial charge is 0.0406 e. The van der Waals surface area contributed by atoms with Crippen molar-refractivity contribution in [3.8, 4) is 44.5 Å². The number of rotatable bonds is 4. The molecule has 0 aromatic heterocycles. The topological polar surface area (TPSA) is 0 Å². The first-order valence-electron chi connectivity index (χ1n) is 14.9. The van der Waals surface area contributed by atoms with Gasteiger partial charge in [-0.05, 0) is 127 Å². The molecule has 8 aromatic carbocycles. The predicted molar refractivity (Wildman–Crippen MR) is 191 cm³/mol. The molecule has 0 aliphatic carbocycles. The SMILES string of the molecule is Cc1ccc(-c2cc(-c3ccc(Cl)cc3)c3ccc4c(-c5ccc(C)cc5)cc(-c5ccc(Cl)cc5)c5ccc2c3c45)cc1. The number of hydrogen-bond donors (Lipinski definition) is 0. The third-order valence-electron chi connectivity index (χ3n) is 8.93. The molecular formula is C42H28Cl2. The van der Waals surface area contributed by atoms with E-state index in [4.69, 9.17) is 23.2 Å². The number of aryl methyl sites for hydroxylation is 2. The van der Waals surface area contributed by atoms with Crippen molar-refractivity contribution in [1.82, 2.24) is 0 Å². The van der Waals surface area contributed by atoms with Gasteiger partial charge in [0.1, 0.15) is 0 Å². The van der Waals surface area contributed by atoms with E-state index in [1.54, 1.807) is 0 Å². The van der Waals surface area contributed by atoms with E-state index < -0.39 is 0 Å². The molecule has 8 aromatic rings. The Hall–Kier alpha value is -4.62. The highest BCUT2D eigenvalue weighted by molar-refractivity contribution is 6.33. The summed E-state index contributed by atoms with van der Waals surface area (Å²) >= 11 is 12.7. The number of hydrogen-bond acceptors (Lipinski definition) is 0. The second-order valence-electron chi connectivity index (χ2n) is 11.8. The molecule has 0 radical (unpaired) electrons. The lowest BCUT2D eigenvalue weighted by Crippen LogP contribution is -1.94. The van der Waals surface area contributed by atoms with Crippen molar-refractivity contribution < 1.29 is 0 Å². The molecule has 0 fully saturated rings. The Kier molecular flexibility index (Phi) is 6.45. The van der Waals surface area contributed by atoms with Gasteiger partial charge in [0.15, 0.2) is 0 Å². The van der Waals surface area contributed by atoms with Gasteiger partial charge in [0, 0.05) is 10.0 Å². The van der Waals surface area contributed by atoms with E-state index in [1.807, 2.05) is 24.3 Å². The van der Waals surface area contributed by atoms with Crippen LogP contribution in [-0.4, -0.2) is 0 Å². The van der Waals surface area contributed by atoms with E-state index in [1.165, 1.54) is 76.8 Å². The van der Waals surface area contributed by atoms with E-state index in [9.17, 15) is 0 Å². The Labute approximate surface area is 267 Å². The van der Waals surface area contributed by atoms with Crippen LogP contribution in [0.15, 0.2) is 133 Å². The molecule has 2 heteroatoms. The van der Waals surface area contributed by atoms with Gasteiger partial charge in [-0.25, -0.2) is 0 Å². The van der Waals surface area contributed by atoms with Gasteiger partial charge in [0.25, 0.3) is 0 Å². The van der Waals surface area contributed by atoms with E-state index in [0.717, 1.165) is 21.2 Å². The Balaban J connectivity index is 1.56. The van der Waals surface area contributed by atoms with Gasteiger partial charge in [-0.1, -0.05) is 131 Å². The van der Waals surface area contributed by atoms with E-state index in [0.29, 0.717) is 0 Å². The van der Waals surface area contributed by atoms with Crippen LogP contribution in [0.1, 0.15) is 11.1 Å². The largest absolute Gasteiger partial charge is 0.0843 e. The third-order valence-corrected chi connectivity index (χ3v) is 9.44. The monoisotopic (exact) mass is 602 g/mol. The highest BCUT2D eigenvalue weighted by Gasteiger charge is 2.21. The van der Waals surface area contributed by atoms with Crippen molar-refractivity contribution in [2.75, 3.05) is 0 Å².